The number of hydrogen-bond donors (Lipinski definition) is 3. The number of aromatic nitrogens is 2. The molecule has 0 radical (unpaired) electrons. The molecule has 3 heterocycles. The Bertz CT molecular complexity index is 971. The lowest BCUT2D eigenvalue weighted by Crippen LogP contribution is -2.37. The summed E-state index contributed by atoms with van der Waals surface area (Å²) in [6.45, 7) is 0.971. The van der Waals surface area contributed by atoms with Crippen molar-refractivity contribution >= 4 is 23.5 Å². The fraction of sp³-hybridized carbons (Fsp3) is 0.476. The van der Waals surface area contributed by atoms with Crippen molar-refractivity contribution < 1.29 is 23.8 Å². The van der Waals surface area contributed by atoms with Crippen LogP contribution in [0.5, 0.6) is 5.88 Å². The summed E-state index contributed by atoms with van der Waals surface area (Å²) in [5.74, 6) is -1.19. The first-order chi connectivity index (χ1) is 15.0. The highest BCUT2D eigenvalue weighted by molar-refractivity contribution is 6.30. The number of nitrogens with one attached hydrogen (secondary N) is 1. The van der Waals surface area contributed by atoms with Gasteiger partial charge in [0.25, 0.3) is 5.91 Å². The number of carbonyl (C=O) groups excluding carboxylic acids is 1. The molecule has 1 unspecified atom stereocenters. The molecule has 0 saturated carbocycles. The van der Waals surface area contributed by atoms with E-state index in [-0.39, 0.29) is 23.6 Å². The van der Waals surface area contributed by atoms with Gasteiger partial charge in [-0.25, -0.2) is 9.37 Å². The van der Waals surface area contributed by atoms with E-state index < -0.39 is 23.7 Å². The van der Waals surface area contributed by atoms with Gasteiger partial charge in [-0.15, -0.1) is 0 Å². The lowest BCUT2D eigenvalue weighted by molar-refractivity contribution is -0.125. The average molecular weight is 451 g/mol. The smallest absolute Gasteiger partial charge is 0.258 e. The summed E-state index contributed by atoms with van der Waals surface area (Å²) >= 11 is 5.82. The minimum atomic E-state index is -0.785. The monoisotopic (exact) mass is 450 g/mol. The maximum Gasteiger partial charge on any atom is 0.258 e. The number of aliphatic hydroxyl groups is 1. The Kier molecular flexibility index (Phi) is 6.54. The van der Waals surface area contributed by atoms with Crippen LogP contribution in [0, 0.1) is 5.82 Å². The van der Waals surface area contributed by atoms with Crippen LogP contribution in [0.3, 0.4) is 0 Å². The van der Waals surface area contributed by atoms with E-state index in [1.807, 2.05) is 0 Å². The predicted molar refractivity (Wildman–Crippen MR) is 112 cm³/mol. The van der Waals surface area contributed by atoms with Crippen molar-refractivity contribution in [1.82, 2.24) is 9.97 Å². The fourth-order valence-electron chi connectivity index (χ4n) is 3.94. The molecule has 1 fully saturated rings. The van der Waals surface area contributed by atoms with Crippen LogP contribution in [0.4, 0.5) is 10.3 Å². The highest BCUT2D eigenvalue weighted by Crippen LogP contribution is 2.36. The van der Waals surface area contributed by atoms with Gasteiger partial charge in [-0.05, 0) is 43.4 Å². The number of halogens is 2. The lowest BCUT2D eigenvalue weighted by Gasteiger charge is -2.28. The van der Waals surface area contributed by atoms with Gasteiger partial charge in [-0.1, -0.05) is 17.7 Å². The molecule has 4 rings (SSSR count). The molecule has 1 saturated heterocycles. The van der Waals surface area contributed by atoms with Crippen molar-refractivity contribution in [3.63, 3.8) is 0 Å². The standard InChI is InChI=1S/C21H24ClFN4O4/c22-15-3-1-11(9-16(15)23)14(10-28)18-13-2-4-17(19(24)29)31-20(13)27-21(26-18)25-12-5-7-30-8-6-12/h1,3,9,12,14,17,28H,2,4-8,10H2,(H2,24,29)(H,25,26,27)/t14-,17?/m0/s1. The minimum Gasteiger partial charge on any atom is -0.464 e. The topological polar surface area (TPSA) is 120 Å². The molecule has 166 valence electrons. The van der Waals surface area contributed by atoms with E-state index in [9.17, 15) is 14.3 Å². The summed E-state index contributed by atoms with van der Waals surface area (Å²) in [5, 5.41) is 13.5. The zero-order valence-corrected chi connectivity index (χ0v) is 17.6. The molecule has 2 aliphatic rings. The van der Waals surface area contributed by atoms with Crippen LogP contribution in [-0.2, 0) is 16.0 Å². The first-order valence-electron chi connectivity index (χ1n) is 10.2. The number of benzene rings is 1. The van der Waals surface area contributed by atoms with E-state index in [0.29, 0.717) is 48.8 Å². The van der Waals surface area contributed by atoms with Crippen LogP contribution in [0.25, 0.3) is 0 Å². The Labute approximate surface area is 183 Å². The molecule has 10 heteroatoms. The van der Waals surface area contributed by atoms with Gasteiger partial charge in [-0.2, -0.15) is 4.98 Å². The first kappa shape index (κ1) is 21.7. The van der Waals surface area contributed by atoms with Crippen molar-refractivity contribution in [2.75, 3.05) is 25.1 Å². The molecule has 0 bridgehead atoms. The van der Waals surface area contributed by atoms with Gasteiger partial charge < -0.3 is 25.6 Å². The summed E-state index contributed by atoms with van der Waals surface area (Å²) in [6, 6.07) is 4.51. The Hall–Kier alpha value is -2.49. The van der Waals surface area contributed by atoms with Crippen molar-refractivity contribution in [2.45, 2.75) is 43.7 Å². The van der Waals surface area contributed by atoms with Crippen LogP contribution < -0.4 is 15.8 Å². The second-order valence-corrected chi connectivity index (χ2v) is 8.11. The Balaban J connectivity index is 1.75. The lowest BCUT2D eigenvalue weighted by atomic mass is 9.90. The summed E-state index contributed by atoms with van der Waals surface area (Å²) < 4.78 is 25.3. The third-order valence-electron chi connectivity index (χ3n) is 5.64. The Morgan fingerprint density at radius 3 is 2.77 bits per heavy atom. The Morgan fingerprint density at radius 1 is 1.32 bits per heavy atom. The van der Waals surface area contributed by atoms with Crippen LogP contribution in [0.1, 0.15) is 42.0 Å². The van der Waals surface area contributed by atoms with Crippen molar-refractivity contribution in [3.05, 3.63) is 45.9 Å². The summed E-state index contributed by atoms with van der Waals surface area (Å²) in [7, 11) is 0. The molecule has 1 aromatic carbocycles. The van der Waals surface area contributed by atoms with Crippen molar-refractivity contribution in [1.29, 1.82) is 0 Å². The van der Waals surface area contributed by atoms with Gasteiger partial charge in [0.05, 0.1) is 23.2 Å². The minimum absolute atomic E-state index is 0.000312. The van der Waals surface area contributed by atoms with Crippen molar-refractivity contribution in [2.24, 2.45) is 5.73 Å². The molecule has 2 atom stereocenters. The third-order valence-corrected chi connectivity index (χ3v) is 5.95. The van der Waals surface area contributed by atoms with Gasteiger partial charge in [0.15, 0.2) is 6.10 Å². The molecule has 1 amide bonds. The molecular formula is C21H24ClFN4O4. The summed E-state index contributed by atoms with van der Waals surface area (Å²) in [5.41, 5.74) is 7.14. The van der Waals surface area contributed by atoms with E-state index in [0.717, 1.165) is 12.8 Å². The maximum absolute atomic E-state index is 14.1. The zero-order valence-electron chi connectivity index (χ0n) is 16.8. The second-order valence-electron chi connectivity index (χ2n) is 7.70. The molecule has 2 aromatic rings. The fourth-order valence-corrected chi connectivity index (χ4v) is 4.06. The van der Waals surface area contributed by atoms with E-state index in [1.165, 1.54) is 12.1 Å². The van der Waals surface area contributed by atoms with E-state index in [2.05, 4.69) is 15.3 Å². The number of nitrogens with zero attached hydrogens (tertiary/aromatic N) is 2. The van der Waals surface area contributed by atoms with E-state index in [4.69, 9.17) is 26.8 Å². The van der Waals surface area contributed by atoms with Gasteiger partial charge in [0, 0.05) is 24.8 Å². The first-order valence-corrected chi connectivity index (χ1v) is 10.6. The third kappa shape index (κ3) is 4.73. The van der Waals surface area contributed by atoms with Gasteiger partial charge in [0.1, 0.15) is 5.82 Å². The van der Waals surface area contributed by atoms with E-state index >= 15 is 0 Å². The maximum atomic E-state index is 14.1. The number of carbonyl (C=O) groups is 1. The number of fused-ring (bicyclic) bond motifs is 1. The zero-order chi connectivity index (χ0) is 22.0. The van der Waals surface area contributed by atoms with Crippen LogP contribution >= 0.6 is 11.6 Å². The van der Waals surface area contributed by atoms with E-state index in [1.54, 1.807) is 6.07 Å². The number of hydrogen-bond acceptors (Lipinski definition) is 7. The highest BCUT2D eigenvalue weighted by atomic mass is 35.5. The molecule has 31 heavy (non-hydrogen) atoms. The number of ether oxygens (including phenoxy) is 2. The van der Waals surface area contributed by atoms with Crippen LogP contribution in [-0.4, -0.2) is 52.9 Å². The Morgan fingerprint density at radius 2 is 2.10 bits per heavy atom. The molecule has 2 aliphatic heterocycles. The average Bonchev–Trinajstić information content (AvgIpc) is 2.77. The molecule has 0 aliphatic carbocycles. The normalized spacial score (nSPS) is 19.9. The van der Waals surface area contributed by atoms with Crippen molar-refractivity contribution in [3.8, 4) is 5.88 Å². The largest absolute Gasteiger partial charge is 0.464 e. The van der Waals surface area contributed by atoms with Crippen LogP contribution in [0.15, 0.2) is 18.2 Å². The SMILES string of the molecule is NC(=O)C1CCc2c(nc(NC3CCOCC3)nc2[C@@H](CO)c2ccc(Cl)c(F)c2)O1. The molecule has 0 spiro atoms. The van der Waals surface area contributed by atoms with Gasteiger partial charge in [0.2, 0.25) is 11.8 Å². The number of aliphatic hydroxyl groups excluding tert-OH is 1. The summed E-state index contributed by atoms with van der Waals surface area (Å²) in [6.07, 6.45) is 1.63. The molecule has 1 aromatic heterocycles. The molecular weight excluding hydrogens is 427 g/mol. The summed E-state index contributed by atoms with van der Waals surface area (Å²) in [4.78, 5) is 20.8. The van der Waals surface area contributed by atoms with Gasteiger partial charge in [-0.3, -0.25) is 4.79 Å². The number of rotatable bonds is 6. The number of anilines is 1. The van der Waals surface area contributed by atoms with Gasteiger partial charge >= 0.3 is 0 Å². The molecule has 8 nitrogen and oxygen atoms in total. The highest BCUT2D eigenvalue weighted by Gasteiger charge is 2.32. The number of amides is 1. The second kappa shape index (κ2) is 9.33. The van der Waals surface area contributed by atoms with Crippen LogP contribution in [0.2, 0.25) is 5.02 Å². The quantitative estimate of drug-likeness (QED) is 0.616. The number of primary amides is 1. The predicted octanol–water partition coefficient (Wildman–Crippen LogP) is 2.16. The number of nitrogens with two attached hydrogens (primary N) is 1. The molecule has 4 N–H and O–H groups in total.